The second-order valence-electron chi connectivity index (χ2n) is 2.57. The fraction of sp³-hybridized carbons (Fsp3) is 0.857. The van der Waals surface area contributed by atoms with Crippen LogP contribution in [0.2, 0.25) is 0 Å². The lowest BCUT2D eigenvalue weighted by Gasteiger charge is -2.06. The van der Waals surface area contributed by atoms with Gasteiger partial charge in [-0.1, -0.05) is 6.92 Å². The van der Waals surface area contributed by atoms with E-state index in [0.29, 0.717) is 6.42 Å². The van der Waals surface area contributed by atoms with E-state index in [-0.39, 0.29) is 6.10 Å². The molecule has 0 unspecified atom stereocenters. The van der Waals surface area contributed by atoms with Gasteiger partial charge in [-0.3, -0.25) is 0 Å². The molecular weight excluding hydrogens is 132 g/mol. The van der Waals surface area contributed by atoms with Crippen LogP contribution in [0, 0.1) is 0 Å². The molecule has 1 N–H and O–H groups in total. The quantitative estimate of drug-likeness (QED) is 0.629. The molecule has 0 aromatic heterocycles. The van der Waals surface area contributed by atoms with Gasteiger partial charge in [0, 0.05) is 0 Å². The SMILES string of the molecule is CC[C@@H]1CC[C@H](C(=O)O)O1. The monoisotopic (exact) mass is 144 g/mol. The van der Waals surface area contributed by atoms with Gasteiger partial charge in [0.2, 0.25) is 0 Å². The van der Waals surface area contributed by atoms with Gasteiger partial charge in [0.15, 0.2) is 6.10 Å². The number of aliphatic carboxylic acids is 1. The number of hydrogen-bond acceptors (Lipinski definition) is 2. The average Bonchev–Trinajstić information content (AvgIpc) is 2.34. The molecule has 1 rings (SSSR count). The fourth-order valence-corrected chi connectivity index (χ4v) is 1.19. The Hall–Kier alpha value is -0.570. The van der Waals surface area contributed by atoms with Crippen molar-refractivity contribution in [3.05, 3.63) is 0 Å². The summed E-state index contributed by atoms with van der Waals surface area (Å²) in [6.07, 6.45) is 2.14. The minimum atomic E-state index is -0.823. The molecule has 0 spiro atoms. The fourth-order valence-electron chi connectivity index (χ4n) is 1.19. The van der Waals surface area contributed by atoms with Gasteiger partial charge in [-0.2, -0.15) is 0 Å². The summed E-state index contributed by atoms with van der Waals surface area (Å²) in [6.45, 7) is 2.01. The van der Waals surface area contributed by atoms with Crippen molar-refractivity contribution in [3.8, 4) is 0 Å². The maximum Gasteiger partial charge on any atom is 0.332 e. The number of carboxylic acid groups (broad SMARTS) is 1. The number of carboxylic acids is 1. The van der Waals surface area contributed by atoms with E-state index < -0.39 is 12.1 Å². The van der Waals surface area contributed by atoms with E-state index in [2.05, 4.69) is 0 Å². The standard InChI is InChI=1S/C7H12O3/c1-2-5-3-4-6(10-5)7(8)9/h5-6H,2-4H2,1H3,(H,8,9)/t5-,6-/m1/s1. The van der Waals surface area contributed by atoms with Crippen LogP contribution in [-0.4, -0.2) is 23.3 Å². The molecule has 10 heavy (non-hydrogen) atoms. The van der Waals surface area contributed by atoms with E-state index in [9.17, 15) is 4.79 Å². The molecule has 0 bridgehead atoms. The molecule has 2 atom stereocenters. The molecule has 0 aliphatic carbocycles. The third kappa shape index (κ3) is 1.48. The van der Waals surface area contributed by atoms with Crippen LogP contribution in [0.15, 0.2) is 0 Å². The second-order valence-corrected chi connectivity index (χ2v) is 2.57. The highest BCUT2D eigenvalue weighted by Crippen LogP contribution is 2.21. The first-order chi connectivity index (χ1) is 4.74. The maximum atomic E-state index is 10.3. The van der Waals surface area contributed by atoms with Gasteiger partial charge in [-0.15, -0.1) is 0 Å². The number of carbonyl (C=O) groups is 1. The molecule has 1 aliphatic heterocycles. The average molecular weight is 144 g/mol. The summed E-state index contributed by atoms with van der Waals surface area (Å²) in [4.78, 5) is 10.3. The van der Waals surface area contributed by atoms with Crippen molar-refractivity contribution in [2.75, 3.05) is 0 Å². The molecule has 3 heteroatoms. The van der Waals surface area contributed by atoms with E-state index in [1.165, 1.54) is 0 Å². The third-order valence-corrected chi connectivity index (χ3v) is 1.84. The molecule has 0 saturated carbocycles. The van der Waals surface area contributed by atoms with E-state index in [4.69, 9.17) is 9.84 Å². The largest absolute Gasteiger partial charge is 0.479 e. The smallest absolute Gasteiger partial charge is 0.332 e. The van der Waals surface area contributed by atoms with Gasteiger partial charge in [0.05, 0.1) is 6.10 Å². The van der Waals surface area contributed by atoms with Gasteiger partial charge in [0.1, 0.15) is 0 Å². The first-order valence-electron chi connectivity index (χ1n) is 3.62. The normalized spacial score (nSPS) is 32.5. The Balaban J connectivity index is 2.35. The molecule has 0 amide bonds. The maximum absolute atomic E-state index is 10.3. The van der Waals surface area contributed by atoms with Gasteiger partial charge in [-0.05, 0) is 19.3 Å². The van der Waals surface area contributed by atoms with Crippen LogP contribution in [0.4, 0.5) is 0 Å². The summed E-state index contributed by atoms with van der Waals surface area (Å²) < 4.78 is 5.17. The second kappa shape index (κ2) is 3.01. The third-order valence-electron chi connectivity index (χ3n) is 1.84. The van der Waals surface area contributed by atoms with E-state index in [1.54, 1.807) is 0 Å². The van der Waals surface area contributed by atoms with Crippen molar-refractivity contribution in [2.24, 2.45) is 0 Å². The molecule has 58 valence electrons. The number of rotatable bonds is 2. The van der Waals surface area contributed by atoms with Crippen molar-refractivity contribution in [1.29, 1.82) is 0 Å². The van der Waals surface area contributed by atoms with Crippen LogP contribution in [0.5, 0.6) is 0 Å². The summed E-state index contributed by atoms with van der Waals surface area (Å²) in [5.41, 5.74) is 0. The topological polar surface area (TPSA) is 46.5 Å². The lowest BCUT2D eigenvalue weighted by molar-refractivity contribution is -0.149. The molecule has 3 nitrogen and oxygen atoms in total. The lowest BCUT2D eigenvalue weighted by Crippen LogP contribution is -2.20. The van der Waals surface area contributed by atoms with Crippen molar-refractivity contribution in [3.63, 3.8) is 0 Å². The molecule has 0 aromatic rings. The van der Waals surface area contributed by atoms with E-state index >= 15 is 0 Å². The van der Waals surface area contributed by atoms with E-state index in [0.717, 1.165) is 12.8 Å². The van der Waals surface area contributed by atoms with Crippen LogP contribution >= 0.6 is 0 Å². The summed E-state index contributed by atoms with van der Waals surface area (Å²) in [5.74, 6) is -0.823. The Kier molecular flexibility index (Phi) is 2.27. The van der Waals surface area contributed by atoms with Crippen LogP contribution in [-0.2, 0) is 9.53 Å². The van der Waals surface area contributed by atoms with Crippen molar-refractivity contribution in [2.45, 2.75) is 38.4 Å². The van der Waals surface area contributed by atoms with Crippen LogP contribution < -0.4 is 0 Å². The van der Waals surface area contributed by atoms with Crippen molar-refractivity contribution >= 4 is 5.97 Å². The van der Waals surface area contributed by atoms with Crippen LogP contribution in [0.3, 0.4) is 0 Å². The zero-order chi connectivity index (χ0) is 7.56. The first kappa shape index (κ1) is 7.54. The molecule has 1 saturated heterocycles. The van der Waals surface area contributed by atoms with Crippen molar-refractivity contribution < 1.29 is 14.6 Å². The predicted octanol–water partition coefficient (Wildman–Crippen LogP) is 1.03. The predicted molar refractivity (Wildman–Crippen MR) is 35.8 cm³/mol. The summed E-state index contributed by atoms with van der Waals surface area (Å²) in [7, 11) is 0. The molecule has 0 aromatic carbocycles. The van der Waals surface area contributed by atoms with Crippen molar-refractivity contribution in [1.82, 2.24) is 0 Å². The molecule has 1 heterocycles. The summed E-state index contributed by atoms with van der Waals surface area (Å²) in [5, 5.41) is 8.50. The van der Waals surface area contributed by atoms with Gasteiger partial charge in [-0.25, -0.2) is 4.79 Å². The van der Waals surface area contributed by atoms with Gasteiger partial charge < -0.3 is 9.84 Å². The molecule has 1 fully saturated rings. The molecule has 0 radical (unpaired) electrons. The van der Waals surface area contributed by atoms with Crippen LogP contribution in [0.25, 0.3) is 0 Å². The van der Waals surface area contributed by atoms with E-state index in [1.807, 2.05) is 6.92 Å². The Morgan fingerprint density at radius 3 is 2.70 bits per heavy atom. The zero-order valence-electron chi connectivity index (χ0n) is 6.04. The minimum Gasteiger partial charge on any atom is -0.479 e. The molecular formula is C7H12O3. The highest BCUT2D eigenvalue weighted by Gasteiger charge is 2.28. The number of hydrogen-bond donors (Lipinski definition) is 1. The highest BCUT2D eigenvalue weighted by molar-refractivity contribution is 5.72. The zero-order valence-corrected chi connectivity index (χ0v) is 6.04. The minimum absolute atomic E-state index is 0.182. The lowest BCUT2D eigenvalue weighted by atomic mass is 10.2. The van der Waals surface area contributed by atoms with Crippen LogP contribution in [0.1, 0.15) is 26.2 Å². The summed E-state index contributed by atoms with van der Waals surface area (Å²) in [6, 6.07) is 0. The Morgan fingerprint density at radius 1 is 1.70 bits per heavy atom. The Morgan fingerprint density at radius 2 is 2.40 bits per heavy atom. The van der Waals surface area contributed by atoms with Gasteiger partial charge >= 0.3 is 5.97 Å². The Bertz CT molecular complexity index is 133. The first-order valence-corrected chi connectivity index (χ1v) is 3.62. The summed E-state index contributed by atoms with van der Waals surface area (Å²) >= 11 is 0. The Labute approximate surface area is 60.0 Å². The van der Waals surface area contributed by atoms with Gasteiger partial charge in [0.25, 0.3) is 0 Å². The highest BCUT2D eigenvalue weighted by atomic mass is 16.5. The number of ether oxygens (including phenoxy) is 1. The molecule has 1 aliphatic rings.